The van der Waals surface area contributed by atoms with Gasteiger partial charge >= 0.3 is 11.7 Å². The second kappa shape index (κ2) is 5.42. The van der Waals surface area contributed by atoms with Gasteiger partial charge in [0.15, 0.2) is 5.56 Å². The fraction of sp³-hybridized carbons (Fsp3) is 0.300. The summed E-state index contributed by atoms with van der Waals surface area (Å²) in [6.07, 6.45) is 0. The molecule has 0 aliphatic rings. The third-order valence-corrected chi connectivity index (χ3v) is 2.35. The first-order valence-corrected chi connectivity index (χ1v) is 5.23. The fourth-order valence-electron chi connectivity index (χ4n) is 1.39. The summed E-state index contributed by atoms with van der Waals surface area (Å²) in [5.41, 5.74) is -1.42. The van der Waals surface area contributed by atoms with Gasteiger partial charge in [-0.1, -0.05) is 11.6 Å². The van der Waals surface area contributed by atoms with Crippen molar-refractivity contribution in [2.45, 2.75) is 13.8 Å². The number of ether oxygens (including phenoxy) is 1. The van der Waals surface area contributed by atoms with Crippen molar-refractivity contribution in [3.63, 3.8) is 0 Å². The number of aromatic nitrogens is 1. The molecule has 1 aromatic rings. The van der Waals surface area contributed by atoms with Gasteiger partial charge in [0.25, 0.3) is 0 Å². The maximum Gasteiger partial charge on any atom is 0.346 e. The first-order chi connectivity index (χ1) is 8.43. The Kier molecular flexibility index (Phi) is 4.18. The summed E-state index contributed by atoms with van der Waals surface area (Å²) in [6, 6.07) is 1.63. The second-order valence-corrected chi connectivity index (χ2v) is 3.53. The van der Waals surface area contributed by atoms with Gasteiger partial charge in [-0.05, 0) is 13.8 Å². The summed E-state index contributed by atoms with van der Waals surface area (Å²) < 4.78 is 4.69. The van der Waals surface area contributed by atoms with E-state index in [1.54, 1.807) is 13.0 Å². The first-order valence-electron chi connectivity index (χ1n) is 4.85. The Labute approximate surface area is 107 Å². The van der Waals surface area contributed by atoms with Crippen LogP contribution in [0.4, 0.5) is 5.69 Å². The van der Waals surface area contributed by atoms with E-state index in [-0.39, 0.29) is 23.0 Å². The van der Waals surface area contributed by atoms with Crippen LogP contribution in [-0.2, 0) is 4.74 Å². The van der Waals surface area contributed by atoms with Gasteiger partial charge < -0.3 is 4.74 Å². The summed E-state index contributed by atoms with van der Waals surface area (Å²) in [5, 5.41) is 19.6. The quantitative estimate of drug-likeness (QED) is 0.359. The van der Waals surface area contributed by atoms with Gasteiger partial charge in [-0.3, -0.25) is 10.1 Å². The molecule has 7 nitrogen and oxygen atoms in total. The van der Waals surface area contributed by atoms with Crippen molar-refractivity contribution in [2.24, 2.45) is 0 Å². The lowest BCUT2D eigenvalue weighted by atomic mass is 10.1. The number of pyridine rings is 1. The number of nitriles is 1. The monoisotopic (exact) mass is 269 g/mol. The molecular formula is C10H8ClN3O4. The molecule has 0 atom stereocenters. The fourth-order valence-corrected chi connectivity index (χ4v) is 1.65. The van der Waals surface area contributed by atoms with Crippen molar-refractivity contribution < 1.29 is 14.5 Å². The number of hydrogen-bond acceptors (Lipinski definition) is 6. The lowest BCUT2D eigenvalue weighted by Crippen LogP contribution is -2.13. The molecule has 8 heteroatoms. The number of halogens is 1. The first kappa shape index (κ1) is 13.9. The van der Waals surface area contributed by atoms with Crippen LogP contribution in [0, 0.1) is 28.4 Å². The lowest BCUT2D eigenvalue weighted by molar-refractivity contribution is -0.386. The molecule has 0 fully saturated rings. The van der Waals surface area contributed by atoms with E-state index in [1.165, 1.54) is 6.92 Å². The van der Waals surface area contributed by atoms with Crippen molar-refractivity contribution in [2.75, 3.05) is 6.61 Å². The number of rotatable bonds is 3. The van der Waals surface area contributed by atoms with E-state index < -0.39 is 22.1 Å². The average Bonchev–Trinajstić information content (AvgIpc) is 2.27. The van der Waals surface area contributed by atoms with Gasteiger partial charge in [-0.25, -0.2) is 9.78 Å². The topological polar surface area (TPSA) is 106 Å². The molecule has 0 aliphatic carbocycles. The van der Waals surface area contributed by atoms with Gasteiger partial charge in [0.1, 0.15) is 22.5 Å². The lowest BCUT2D eigenvalue weighted by Gasteiger charge is -2.07. The Morgan fingerprint density at radius 1 is 1.67 bits per heavy atom. The maximum absolute atomic E-state index is 11.7. The highest BCUT2D eigenvalue weighted by molar-refractivity contribution is 6.31. The van der Waals surface area contributed by atoms with Crippen molar-refractivity contribution >= 4 is 23.3 Å². The zero-order valence-electron chi connectivity index (χ0n) is 9.56. The van der Waals surface area contributed by atoms with Crippen LogP contribution in [-0.4, -0.2) is 22.5 Å². The van der Waals surface area contributed by atoms with Crippen LogP contribution in [0.1, 0.15) is 28.5 Å². The summed E-state index contributed by atoms with van der Waals surface area (Å²) >= 11 is 5.69. The largest absolute Gasteiger partial charge is 0.462 e. The minimum absolute atomic E-state index is 0.0276. The smallest absolute Gasteiger partial charge is 0.346 e. The molecule has 0 saturated carbocycles. The number of nitro groups is 1. The summed E-state index contributed by atoms with van der Waals surface area (Å²) in [6.45, 7) is 2.90. The molecule has 0 bridgehead atoms. The molecule has 0 N–H and O–H groups in total. The van der Waals surface area contributed by atoms with Crippen molar-refractivity contribution in [3.8, 4) is 6.07 Å². The highest BCUT2D eigenvalue weighted by Gasteiger charge is 2.31. The van der Waals surface area contributed by atoms with E-state index >= 15 is 0 Å². The van der Waals surface area contributed by atoms with Crippen molar-refractivity contribution in [3.05, 3.63) is 32.1 Å². The van der Waals surface area contributed by atoms with E-state index in [1.807, 2.05) is 0 Å². The Hall–Kier alpha value is -2.20. The summed E-state index contributed by atoms with van der Waals surface area (Å²) in [4.78, 5) is 25.5. The van der Waals surface area contributed by atoms with Gasteiger partial charge in [0.05, 0.1) is 11.5 Å². The summed E-state index contributed by atoms with van der Waals surface area (Å²) in [7, 11) is 0. The zero-order chi connectivity index (χ0) is 13.9. The van der Waals surface area contributed by atoms with E-state index in [4.69, 9.17) is 21.6 Å². The molecule has 0 aliphatic heterocycles. The third-order valence-electron chi connectivity index (χ3n) is 2.08. The number of esters is 1. The van der Waals surface area contributed by atoms with Gasteiger partial charge in [-0.15, -0.1) is 0 Å². The molecule has 0 spiro atoms. The molecule has 1 rings (SSSR count). The third kappa shape index (κ3) is 2.38. The molecule has 1 aromatic heterocycles. The van der Waals surface area contributed by atoms with Gasteiger partial charge in [-0.2, -0.15) is 5.26 Å². The van der Waals surface area contributed by atoms with Crippen molar-refractivity contribution in [1.82, 2.24) is 4.98 Å². The molecule has 1 heterocycles. The molecule has 18 heavy (non-hydrogen) atoms. The highest BCUT2D eigenvalue weighted by atomic mass is 35.5. The molecule has 0 aromatic carbocycles. The Bertz CT molecular complexity index is 565. The second-order valence-electron chi connectivity index (χ2n) is 3.18. The normalized spacial score (nSPS) is 9.67. The van der Waals surface area contributed by atoms with Crippen LogP contribution in [0.5, 0.6) is 0 Å². The average molecular weight is 270 g/mol. The van der Waals surface area contributed by atoms with E-state index in [0.717, 1.165) is 0 Å². The molecule has 94 valence electrons. The molecular weight excluding hydrogens is 262 g/mol. The molecule has 0 unspecified atom stereocenters. The van der Waals surface area contributed by atoms with E-state index in [0.29, 0.717) is 0 Å². The number of hydrogen-bond donors (Lipinski definition) is 0. The SMILES string of the molecule is CCOC(=O)c1c(C#N)c(Cl)nc(C)c1[N+](=O)[O-]. The van der Waals surface area contributed by atoms with Gasteiger partial charge in [0.2, 0.25) is 0 Å². The molecule has 0 amide bonds. The molecule has 0 radical (unpaired) electrons. The predicted molar refractivity (Wildman–Crippen MR) is 61.3 cm³/mol. The molecule has 0 saturated heterocycles. The van der Waals surface area contributed by atoms with Crippen LogP contribution in [0.2, 0.25) is 5.15 Å². The Morgan fingerprint density at radius 2 is 2.28 bits per heavy atom. The maximum atomic E-state index is 11.7. The van der Waals surface area contributed by atoms with E-state index in [2.05, 4.69) is 4.98 Å². The number of carbonyl (C=O) groups is 1. The van der Waals surface area contributed by atoms with Crippen LogP contribution in [0.15, 0.2) is 0 Å². The van der Waals surface area contributed by atoms with Crippen molar-refractivity contribution in [1.29, 1.82) is 5.26 Å². The standard InChI is InChI=1S/C10H8ClN3O4/c1-3-18-10(15)7-6(4-12)9(11)13-5(2)8(7)14(16)17/h3H2,1-2H3. The Morgan fingerprint density at radius 3 is 2.72 bits per heavy atom. The van der Waals surface area contributed by atoms with E-state index in [9.17, 15) is 14.9 Å². The highest BCUT2D eigenvalue weighted by Crippen LogP contribution is 2.30. The van der Waals surface area contributed by atoms with Crippen LogP contribution in [0.25, 0.3) is 0 Å². The zero-order valence-corrected chi connectivity index (χ0v) is 10.3. The Balaban J connectivity index is 3.66. The number of aryl methyl sites for hydroxylation is 1. The minimum Gasteiger partial charge on any atom is -0.462 e. The van der Waals surface area contributed by atoms with Gasteiger partial charge in [0, 0.05) is 0 Å². The van der Waals surface area contributed by atoms with Crippen LogP contribution < -0.4 is 0 Å². The predicted octanol–water partition coefficient (Wildman–Crippen LogP) is 2.00. The number of carbonyl (C=O) groups excluding carboxylic acids is 1. The van der Waals surface area contributed by atoms with Crippen LogP contribution >= 0.6 is 11.6 Å². The number of nitrogens with zero attached hydrogens (tertiary/aromatic N) is 3. The minimum atomic E-state index is -0.965. The summed E-state index contributed by atoms with van der Waals surface area (Å²) in [5.74, 6) is -0.965. The van der Waals surface area contributed by atoms with Crippen LogP contribution in [0.3, 0.4) is 0 Å².